The third-order valence-electron chi connectivity index (χ3n) is 4.62. The Kier molecular flexibility index (Phi) is 7.03. The van der Waals surface area contributed by atoms with E-state index in [4.69, 9.17) is 0 Å². The summed E-state index contributed by atoms with van der Waals surface area (Å²) in [6.07, 6.45) is 3.20. The molecule has 0 bridgehead atoms. The van der Waals surface area contributed by atoms with Crippen LogP contribution in [0.3, 0.4) is 0 Å². The summed E-state index contributed by atoms with van der Waals surface area (Å²) in [6.45, 7) is 2.02. The molecule has 1 aliphatic rings. The molecule has 0 saturated carbocycles. The molecule has 7 heteroatoms. The first-order chi connectivity index (χ1) is 13.9. The second-order valence-electron chi connectivity index (χ2n) is 6.75. The van der Waals surface area contributed by atoms with Gasteiger partial charge in [-0.2, -0.15) is 5.10 Å². The number of rotatable bonds is 7. The smallest absolute Gasteiger partial charge is 0.331 e. The Morgan fingerprint density at radius 3 is 2.24 bits per heavy atom. The summed E-state index contributed by atoms with van der Waals surface area (Å²) in [5.41, 5.74) is 2.35. The van der Waals surface area contributed by atoms with E-state index in [1.54, 1.807) is 6.08 Å². The Morgan fingerprint density at radius 1 is 1.10 bits per heavy atom. The van der Waals surface area contributed by atoms with Crippen molar-refractivity contribution in [2.75, 3.05) is 5.01 Å². The zero-order chi connectivity index (χ0) is 21.0. The minimum Gasteiger partial charge on any atom is -0.478 e. The number of carboxylic acid groups (broad SMARTS) is 1. The quantitative estimate of drug-likeness (QED) is 0.464. The van der Waals surface area contributed by atoms with E-state index in [-0.39, 0.29) is 17.9 Å². The second-order valence-corrected chi connectivity index (χ2v) is 8.58. The van der Waals surface area contributed by atoms with E-state index >= 15 is 0 Å². The number of carbonyl (C=O) groups excluding carboxylic acids is 1. The number of carboxylic acids is 1. The highest BCUT2D eigenvalue weighted by atomic mass is 79.9. The average molecular weight is 520 g/mol. The molecule has 1 aliphatic heterocycles. The topological polar surface area (TPSA) is 70.0 Å². The van der Waals surface area contributed by atoms with E-state index < -0.39 is 11.9 Å². The Morgan fingerprint density at radius 2 is 1.69 bits per heavy atom. The fourth-order valence-electron chi connectivity index (χ4n) is 3.18. The third-order valence-corrected chi connectivity index (χ3v) is 5.68. The number of hydrazone groups is 1. The van der Waals surface area contributed by atoms with Gasteiger partial charge >= 0.3 is 5.97 Å². The van der Waals surface area contributed by atoms with Crippen LogP contribution in [-0.2, 0) is 9.59 Å². The summed E-state index contributed by atoms with van der Waals surface area (Å²) >= 11 is 6.76. The molecule has 0 radical (unpaired) electrons. The Labute approximate surface area is 186 Å². The molecule has 1 unspecified atom stereocenters. The number of nitrogens with zero attached hydrogens (tertiary/aromatic N) is 2. The molecule has 0 spiro atoms. The molecule has 0 aliphatic carbocycles. The highest BCUT2D eigenvalue weighted by Gasteiger charge is 2.37. The zero-order valence-corrected chi connectivity index (χ0v) is 19.0. The highest BCUT2D eigenvalue weighted by Crippen LogP contribution is 2.31. The van der Waals surface area contributed by atoms with E-state index in [9.17, 15) is 14.7 Å². The lowest BCUT2D eigenvalue weighted by molar-refractivity contribution is -0.132. The van der Waals surface area contributed by atoms with Crippen LogP contribution in [0.15, 0.2) is 68.2 Å². The molecule has 2 aromatic rings. The molecule has 0 aromatic heterocycles. The Balaban J connectivity index is 1.89. The molecule has 1 atom stereocenters. The molecule has 29 heavy (non-hydrogen) atoms. The van der Waals surface area contributed by atoms with Crippen LogP contribution in [0.1, 0.15) is 31.7 Å². The summed E-state index contributed by atoms with van der Waals surface area (Å²) in [4.78, 5) is 25.0. The third kappa shape index (κ3) is 5.22. The molecule has 2 aromatic carbocycles. The van der Waals surface area contributed by atoms with Crippen LogP contribution < -0.4 is 5.01 Å². The number of halogens is 2. The predicted molar refractivity (Wildman–Crippen MR) is 122 cm³/mol. The van der Waals surface area contributed by atoms with Gasteiger partial charge in [0.05, 0.1) is 17.3 Å². The molecule has 1 heterocycles. The number of aliphatic carboxylic acids is 1. The van der Waals surface area contributed by atoms with Crippen molar-refractivity contribution in [3.63, 3.8) is 0 Å². The van der Waals surface area contributed by atoms with E-state index in [1.807, 2.05) is 55.5 Å². The van der Waals surface area contributed by atoms with Crippen LogP contribution in [0.4, 0.5) is 5.69 Å². The fourth-order valence-corrected chi connectivity index (χ4v) is 3.71. The molecule has 1 N–H and O–H groups in total. The second kappa shape index (κ2) is 9.50. The van der Waals surface area contributed by atoms with E-state index in [2.05, 4.69) is 37.0 Å². The summed E-state index contributed by atoms with van der Waals surface area (Å²) < 4.78 is 1.83. The Hall–Kier alpha value is -2.25. The van der Waals surface area contributed by atoms with Crippen LogP contribution in [0.25, 0.3) is 6.08 Å². The maximum absolute atomic E-state index is 13.1. The minimum absolute atomic E-state index is 0.107. The number of anilines is 1. The van der Waals surface area contributed by atoms with Gasteiger partial charge in [0.1, 0.15) is 0 Å². The van der Waals surface area contributed by atoms with Crippen LogP contribution in [0.5, 0.6) is 0 Å². The van der Waals surface area contributed by atoms with Crippen LogP contribution >= 0.6 is 31.9 Å². The molecule has 5 nitrogen and oxygen atoms in total. The number of hydrogen-bond acceptors (Lipinski definition) is 3. The van der Waals surface area contributed by atoms with Gasteiger partial charge in [0, 0.05) is 14.5 Å². The van der Waals surface area contributed by atoms with Gasteiger partial charge in [-0.1, -0.05) is 57.3 Å². The number of amides is 1. The highest BCUT2D eigenvalue weighted by molar-refractivity contribution is 9.10. The molecule has 1 amide bonds. The first kappa shape index (κ1) is 21.5. The van der Waals surface area contributed by atoms with Crippen molar-refractivity contribution < 1.29 is 14.7 Å². The van der Waals surface area contributed by atoms with Crippen LogP contribution in [-0.4, -0.2) is 22.7 Å². The van der Waals surface area contributed by atoms with Gasteiger partial charge in [-0.15, -0.1) is 0 Å². The van der Waals surface area contributed by atoms with Gasteiger partial charge in [0.25, 0.3) is 5.91 Å². The lowest BCUT2D eigenvalue weighted by atomic mass is 9.91. The van der Waals surface area contributed by atoms with E-state index in [0.717, 1.165) is 26.6 Å². The van der Waals surface area contributed by atoms with Crippen molar-refractivity contribution in [1.29, 1.82) is 0 Å². The van der Waals surface area contributed by atoms with Gasteiger partial charge in [-0.3, -0.25) is 4.79 Å². The van der Waals surface area contributed by atoms with Gasteiger partial charge in [0.15, 0.2) is 0 Å². The minimum atomic E-state index is -1.03. The molecular formula is C22H20Br2N2O3. The summed E-state index contributed by atoms with van der Waals surface area (Å²) in [5.74, 6) is -1.80. The van der Waals surface area contributed by atoms with E-state index in [1.165, 1.54) is 5.01 Å². The first-order valence-corrected chi connectivity index (χ1v) is 10.8. The van der Waals surface area contributed by atoms with Gasteiger partial charge in [-0.25, -0.2) is 9.80 Å². The van der Waals surface area contributed by atoms with Crippen molar-refractivity contribution in [2.45, 2.75) is 26.2 Å². The van der Waals surface area contributed by atoms with Crippen molar-refractivity contribution in [3.8, 4) is 0 Å². The van der Waals surface area contributed by atoms with Crippen LogP contribution in [0.2, 0.25) is 0 Å². The number of carbonyl (C=O) groups is 2. The summed E-state index contributed by atoms with van der Waals surface area (Å²) in [6, 6.07) is 14.7. The van der Waals surface area contributed by atoms with Crippen molar-refractivity contribution in [2.24, 2.45) is 11.0 Å². The summed E-state index contributed by atoms with van der Waals surface area (Å²) in [7, 11) is 0. The SMILES string of the molecule is CCCC1=NN(c2ccc(Br)cc2)C(=O)C1CC(=Cc1ccc(Br)cc1)C(=O)O. The van der Waals surface area contributed by atoms with Crippen molar-refractivity contribution in [3.05, 3.63) is 68.6 Å². The number of benzene rings is 2. The van der Waals surface area contributed by atoms with Crippen molar-refractivity contribution in [1.82, 2.24) is 0 Å². The monoisotopic (exact) mass is 518 g/mol. The maximum Gasteiger partial charge on any atom is 0.331 e. The summed E-state index contributed by atoms with van der Waals surface area (Å²) in [5, 5.41) is 15.6. The largest absolute Gasteiger partial charge is 0.478 e. The standard InChI is InChI=1S/C22H20Br2N2O3/c1-2-3-20-19(21(27)26(25-20)18-10-8-17(24)9-11-18)13-15(22(28)29)12-14-4-6-16(23)7-5-14/h4-12,19H,2-3,13H2,1H3,(H,28,29). The van der Waals surface area contributed by atoms with Gasteiger partial charge < -0.3 is 5.11 Å². The lowest BCUT2D eigenvalue weighted by Crippen LogP contribution is -2.28. The Bertz CT molecular complexity index is 967. The normalized spacial score (nSPS) is 16.9. The predicted octanol–water partition coefficient (Wildman–Crippen LogP) is 5.89. The first-order valence-electron chi connectivity index (χ1n) is 9.25. The van der Waals surface area contributed by atoms with Gasteiger partial charge in [-0.05, 0) is 60.9 Å². The molecule has 0 saturated heterocycles. The fraction of sp³-hybridized carbons (Fsp3) is 0.227. The average Bonchev–Trinajstić information content (AvgIpc) is 2.99. The number of hydrogen-bond donors (Lipinski definition) is 1. The van der Waals surface area contributed by atoms with Crippen molar-refractivity contribution >= 4 is 61.2 Å². The van der Waals surface area contributed by atoms with Gasteiger partial charge in [0.2, 0.25) is 0 Å². The molecule has 150 valence electrons. The van der Waals surface area contributed by atoms with Crippen LogP contribution in [0, 0.1) is 5.92 Å². The molecule has 3 rings (SSSR count). The zero-order valence-electron chi connectivity index (χ0n) is 15.8. The molecular weight excluding hydrogens is 500 g/mol. The maximum atomic E-state index is 13.1. The molecule has 0 fully saturated rings. The lowest BCUT2D eigenvalue weighted by Gasteiger charge is -2.15. The van der Waals surface area contributed by atoms with E-state index in [0.29, 0.717) is 12.1 Å².